The van der Waals surface area contributed by atoms with Crippen molar-refractivity contribution >= 4 is 11.4 Å². The Labute approximate surface area is 84.9 Å². The smallest absolute Gasteiger partial charge is 0.0505 e. The molecule has 1 saturated heterocycles. The third-order valence-corrected chi connectivity index (χ3v) is 2.73. The first-order chi connectivity index (χ1) is 6.90. The zero-order valence-corrected chi connectivity index (χ0v) is 8.37. The molecule has 0 atom stereocenters. The van der Waals surface area contributed by atoms with Gasteiger partial charge in [-0.25, -0.2) is 0 Å². The number of hydrazine groups is 1. The van der Waals surface area contributed by atoms with E-state index in [1.54, 1.807) is 0 Å². The van der Waals surface area contributed by atoms with Gasteiger partial charge in [0.2, 0.25) is 0 Å². The summed E-state index contributed by atoms with van der Waals surface area (Å²) >= 11 is 0. The maximum Gasteiger partial charge on any atom is 0.0505 e. The van der Waals surface area contributed by atoms with E-state index in [0.29, 0.717) is 0 Å². The van der Waals surface area contributed by atoms with Gasteiger partial charge in [0.05, 0.1) is 5.69 Å². The van der Waals surface area contributed by atoms with Crippen LogP contribution in [0.5, 0.6) is 0 Å². The van der Waals surface area contributed by atoms with Gasteiger partial charge in [-0.05, 0) is 37.5 Å². The standard InChI is InChI=1S/C11H17N3/c12-13-10-5-4-6-11(9-10)14-7-2-1-3-8-14/h4-6,9,13H,1-3,7-8,12H2. The lowest BCUT2D eigenvalue weighted by Gasteiger charge is -2.29. The van der Waals surface area contributed by atoms with E-state index in [4.69, 9.17) is 5.84 Å². The summed E-state index contributed by atoms with van der Waals surface area (Å²) in [4.78, 5) is 2.42. The first kappa shape index (κ1) is 9.34. The molecule has 0 radical (unpaired) electrons. The lowest BCUT2D eigenvalue weighted by molar-refractivity contribution is 0.578. The second kappa shape index (κ2) is 4.33. The molecule has 0 amide bonds. The van der Waals surface area contributed by atoms with Gasteiger partial charge in [0, 0.05) is 18.8 Å². The van der Waals surface area contributed by atoms with Crippen molar-refractivity contribution in [1.29, 1.82) is 0 Å². The molecule has 0 aromatic heterocycles. The van der Waals surface area contributed by atoms with Crippen LogP contribution in [0.25, 0.3) is 0 Å². The highest BCUT2D eigenvalue weighted by Crippen LogP contribution is 2.22. The number of benzene rings is 1. The third kappa shape index (κ3) is 1.99. The van der Waals surface area contributed by atoms with E-state index in [2.05, 4.69) is 22.5 Å². The van der Waals surface area contributed by atoms with Crippen LogP contribution in [0.2, 0.25) is 0 Å². The zero-order chi connectivity index (χ0) is 9.80. The number of rotatable bonds is 2. The molecule has 14 heavy (non-hydrogen) atoms. The molecule has 0 unspecified atom stereocenters. The van der Waals surface area contributed by atoms with E-state index in [1.165, 1.54) is 38.0 Å². The molecule has 0 spiro atoms. The number of nitrogen functional groups attached to an aromatic ring is 1. The molecule has 2 rings (SSSR count). The van der Waals surface area contributed by atoms with E-state index >= 15 is 0 Å². The van der Waals surface area contributed by atoms with Gasteiger partial charge in [-0.1, -0.05) is 6.07 Å². The van der Waals surface area contributed by atoms with E-state index in [1.807, 2.05) is 12.1 Å². The van der Waals surface area contributed by atoms with Crippen LogP contribution in [0.4, 0.5) is 11.4 Å². The number of nitrogens with zero attached hydrogens (tertiary/aromatic N) is 1. The molecule has 1 aliphatic rings. The van der Waals surface area contributed by atoms with Crippen molar-refractivity contribution in [3.05, 3.63) is 24.3 Å². The molecule has 0 bridgehead atoms. The Morgan fingerprint density at radius 3 is 2.64 bits per heavy atom. The summed E-state index contributed by atoms with van der Waals surface area (Å²) in [7, 11) is 0. The minimum absolute atomic E-state index is 0.980. The van der Waals surface area contributed by atoms with Gasteiger partial charge < -0.3 is 10.3 Å². The van der Waals surface area contributed by atoms with Crippen LogP contribution in [-0.4, -0.2) is 13.1 Å². The average molecular weight is 191 g/mol. The fraction of sp³-hybridized carbons (Fsp3) is 0.455. The SMILES string of the molecule is NNc1cccc(N2CCCCC2)c1. The first-order valence-corrected chi connectivity index (χ1v) is 5.22. The van der Waals surface area contributed by atoms with E-state index in [9.17, 15) is 0 Å². The fourth-order valence-electron chi connectivity index (χ4n) is 1.94. The molecule has 0 aliphatic carbocycles. The summed E-state index contributed by atoms with van der Waals surface area (Å²) in [6, 6.07) is 8.27. The van der Waals surface area contributed by atoms with Gasteiger partial charge in [0.15, 0.2) is 0 Å². The summed E-state index contributed by atoms with van der Waals surface area (Å²) < 4.78 is 0. The Bertz CT molecular complexity index is 292. The molecule has 3 nitrogen and oxygen atoms in total. The Morgan fingerprint density at radius 2 is 1.93 bits per heavy atom. The van der Waals surface area contributed by atoms with Gasteiger partial charge in [-0.3, -0.25) is 5.84 Å². The van der Waals surface area contributed by atoms with Crippen LogP contribution in [0.15, 0.2) is 24.3 Å². The van der Waals surface area contributed by atoms with Crippen molar-refractivity contribution in [3.63, 3.8) is 0 Å². The fourth-order valence-corrected chi connectivity index (χ4v) is 1.94. The highest BCUT2D eigenvalue weighted by atomic mass is 15.2. The molecule has 1 fully saturated rings. The maximum absolute atomic E-state index is 5.38. The lowest BCUT2D eigenvalue weighted by atomic mass is 10.1. The predicted octanol–water partition coefficient (Wildman–Crippen LogP) is 1.96. The van der Waals surface area contributed by atoms with Gasteiger partial charge in [0.1, 0.15) is 0 Å². The Balaban J connectivity index is 2.13. The highest BCUT2D eigenvalue weighted by Gasteiger charge is 2.10. The number of nitrogens with one attached hydrogen (secondary N) is 1. The number of piperidine rings is 1. The molecule has 1 aliphatic heterocycles. The Kier molecular flexibility index (Phi) is 2.89. The molecule has 76 valence electrons. The molecular formula is C11H17N3. The van der Waals surface area contributed by atoms with Gasteiger partial charge >= 0.3 is 0 Å². The van der Waals surface area contributed by atoms with Crippen LogP contribution in [0.3, 0.4) is 0 Å². The van der Waals surface area contributed by atoms with E-state index in [-0.39, 0.29) is 0 Å². The topological polar surface area (TPSA) is 41.3 Å². The summed E-state index contributed by atoms with van der Waals surface area (Å²) in [6.07, 6.45) is 3.98. The number of anilines is 2. The predicted molar refractivity (Wildman–Crippen MR) is 60.3 cm³/mol. The average Bonchev–Trinajstić information content (AvgIpc) is 2.30. The summed E-state index contributed by atoms with van der Waals surface area (Å²) in [5, 5.41) is 0. The van der Waals surface area contributed by atoms with Crippen LogP contribution in [0, 0.1) is 0 Å². The van der Waals surface area contributed by atoms with E-state index < -0.39 is 0 Å². The van der Waals surface area contributed by atoms with Gasteiger partial charge in [0.25, 0.3) is 0 Å². The molecule has 3 N–H and O–H groups in total. The number of hydrogen-bond acceptors (Lipinski definition) is 3. The molecule has 1 aromatic rings. The quantitative estimate of drug-likeness (QED) is 0.554. The van der Waals surface area contributed by atoms with Gasteiger partial charge in [-0.15, -0.1) is 0 Å². The number of nitrogens with two attached hydrogens (primary N) is 1. The maximum atomic E-state index is 5.38. The van der Waals surface area contributed by atoms with Crippen molar-refractivity contribution < 1.29 is 0 Å². The lowest BCUT2D eigenvalue weighted by Crippen LogP contribution is -2.29. The first-order valence-electron chi connectivity index (χ1n) is 5.22. The molecular weight excluding hydrogens is 174 g/mol. The summed E-state index contributed by atoms with van der Waals surface area (Å²) in [5.74, 6) is 5.38. The molecule has 1 heterocycles. The van der Waals surface area contributed by atoms with E-state index in [0.717, 1.165) is 5.69 Å². The third-order valence-electron chi connectivity index (χ3n) is 2.73. The second-order valence-electron chi connectivity index (χ2n) is 3.74. The van der Waals surface area contributed by atoms with Crippen molar-refractivity contribution in [2.45, 2.75) is 19.3 Å². The van der Waals surface area contributed by atoms with Crippen LogP contribution < -0.4 is 16.2 Å². The van der Waals surface area contributed by atoms with Crippen molar-refractivity contribution in [2.75, 3.05) is 23.4 Å². The van der Waals surface area contributed by atoms with Crippen LogP contribution in [-0.2, 0) is 0 Å². The Morgan fingerprint density at radius 1 is 1.14 bits per heavy atom. The normalized spacial score (nSPS) is 16.8. The molecule has 3 heteroatoms. The highest BCUT2D eigenvalue weighted by molar-refractivity contribution is 5.57. The van der Waals surface area contributed by atoms with Gasteiger partial charge in [-0.2, -0.15) is 0 Å². The largest absolute Gasteiger partial charge is 0.371 e. The molecule has 1 aromatic carbocycles. The minimum Gasteiger partial charge on any atom is -0.371 e. The zero-order valence-electron chi connectivity index (χ0n) is 8.37. The summed E-state index contributed by atoms with van der Waals surface area (Å²) in [6.45, 7) is 2.35. The summed E-state index contributed by atoms with van der Waals surface area (Å²) in [5.41, 5.74) is 4.94. The molecule has 0 saturated carbocycles. The van der Waals surface area contributed by atoms with Crippen molar-refractivity contribution in [1.82, 2.24) is 0 Å². The monoisotopic (exact) mass is 191 g/mol. The van der Waals surface area contributed by atoms with Crippen molar-refractivity contribution in [3.8, 4) is 0 Å². The minimum atomic E-state index is 0.980. The Hall–Kier alpha value is -1.22. The van der Waals surface area contributed by atoms with Crippen LogP contribution >= 0.6 is 0 Å². The number of hydrogen-bond donors (Lipinski definition) is 2. The van der Waals surface area contributed by atoms with Crippen LogP contribution in [0.1, 0.15) is 19.3 Å². The van der Waals surface area contributed by atoms with Crippen molar-refractivity contribution in [2.24, 2.45) is 5.84 Å². The second-order valence-corrected chi connectivity index (χ2v) is 3.74.